The van der Waals surface area contributed by atoms with Crippen LogP contribution in [0.4, 0.5) is 0 Å². The summed E-state index contributed by atoms with van der Waals surface area (Å²) in [5, 5.41) is 5.63. The third-order valence-electron chi connectivity index (χ3n) is 4.00. The number of likely N-dealkylation sites (N-methyl/N-ethyl adjacent to an activating group) is 1. The molecule has 0 radical (unpaired) electrons. The summed E-state index contributed by atoms with van der Waals surface area (Å²) in [6, 6.07) is 8.98. The van der Waals surface area contributed by atoms with Crippen LogP contribution in [-0.2, 0) is 6.42 Å². The molecule has 0 aliphatic heterocycles. The SMILES string of the molecule is CNC(CSC1CCCC1)Cc1nc2ccccc2s1. The lowest BCUT2D eigenvalue weighted by atomic mass is 10.2. The van der Waals surface area contributed by atoms with Crippen molar-refractivity contribution in [3.05, 3.63) is 29.3 Å². The number of nitrogens with one attached hydrogen (secondary N) is 1. The van der Waals surface area contributed by atoms with E-state index in [9.17, 15) is 0 Å². The van der Waals surface area contributed by atoms with Gasteiger partial charge in [0.25, 0.3) is 0 Å². The first kappa shape index (κ1) is 14.4. The van der Waals surface area contributed by atoms with Crippen LogP contribution in [0.25, 0.3) is 10.2 Å². The summed E-state index contributed by atoms with van der Waals surface area (Å²) in [6.07, 6.45) is 6.75. The number of para-hydroxylation sites is 1. The van der Waals surface area contributed by atoms with Gasteiger partial charge in [-0.15, -0.1) is 11.3 Å². The van der Waals surface area contributed by atoms with E-state index in [-0.39, 0.29) is 0 Å². The molecule has 108 valence electrons. The summed E-state index contributed by atoms with van der Waals surface area (Å²) < 4.78 is 1.31. The van der Waals surface area contributed by atoms with E-state index >= 15 is 0 Å². The third-order valence-corrected chi connectivity index (χ3v) is 6.60. The monoisotopic (exact) mass is 306 g/mol. The molecule has 2 aromatic rings. The van der Waals surface area contributed by atoms with Crippen LogP contribution in [0.1, 0.15) is 30.7 Å². The van der Waals surface area contributed by atoms with Crippen molar-refractivity contribution in [2.75, 3.05) is 12.8 Å². The Kier molecular flexibility index (Phi) is 4.97. The minimum Gasteiger partial charge on any atom is -0.316 e. The van der Waals surface area contributed by atoms with E-state index < -0.39 is 0 Å². The van der Waals surface area contributed by atoms with Crippen molar-refractivity contribution in [3.63, 3.8) is 0 Å². The van der Waals surface area contributed by atoms with Gasteiger partial charge < -0.3 is 5.32 Å². The maximum absolute atomic E-state index is 4.75. The predicted octanol–water partition coefficient (Wildman–Crippen LogP) is 4.10. The van der Waals surface area contributed by atoms with Crippen molar-refractivity contribution < 1.29 is 0 Å². The zero-order chi connectivity index (χ0) is 13.8. The Hall–Kier alpha value is -0.580. The summed E-state index contributed by atoms with van der Waals surface area (Å²) in [5.41, 5.74) is 1.14. The molecule has 20 heavy (non-hydrogen) atoms. The minimum atomic E-state index is 0.543. The lowest BCUT2D eigenvalue weighted by Gasteiger charge is -2.17. The second-order valence-electron chi connectivity index (χ2n) is 5.50. The van der Waals surface area contributed by atoms with E-state index in [1.54, 1.807) is 0 Å². The van der Waals surface area contributed by atoms with Crippen LogP contribution in [0.15, 0.2) is 24.3 Å². The molecule has 3 rings (SSSR count). The van der Waals surface area contributed by atoms with E-state index in [1.807, 2.05) is 11.3 Å². The zero-order valence-electron chi connectivity index (χ0n) is 12.0. The van der Waals surface area contributed by atoms with Gasteiger partial charge >= 0.3 is 0 Å². The highest BCUT2D eigenvalue weighted by atomic mass is 32.2. The quantitative estimate of drug-likeness (QED) is 0.869. The molecule has 0 saturated heterocycles. The van der Waals surface area contributed by atoms with Gasteiger partial charge in [-0.2, -0.15) is 11.8 Å². The topological polar surface area (TPSA) is 24.9 Å². The molecule has 1 saturated carbocycles. The summed E-state index contributed by atoms with van der Waals surface area (Å²) in [5.74, 6) is 1.21. The maximum Gasteiger partial charge on any atom is 0.0954 e. The first-order valence-electron chi connectivity index (χ1n) is 7.48. The molecule has 2 nitrogen and oxygen atoms in total. The molecular formula is C16H22N2S2. The van der Waals surface area contributed by atoms with Gasteiger partial charge in [0.1, 0.15) is 0 Å². The molecule has 1 unspecified atom stereocenters. The van der Waals surface area contributed by atoms with Crippen molar-refractivity contribution in [1.29, 1.82) is 0 Å². The highest BCUT2D eigenvalue weighted by Gasteiger charge is 2.18. The molecule has 1 fully saturated rings. The van der Waals surface area contributed by atoms with Crippen molar-refractivity contribution in [1.82, 2.24) is 10.3 Å². The molecule has 1 N–H and O–H groups in total. The van der Waals surface area contributed by atoms with Crippen LogP contribution in [-0.4, -0.2) is 29.1 Å². The molecule has 1 aliphatic rings. The molecule has 0 amide bonds. The molecule has 1 atom stereocenters. The summed E-state index contributed by atoms with van der Waals surface area (Å²) in [4.78, 5) is 4.75. The molecule has 0 spiro atoms. The Morgan fingerprint density at radius 1 is 1.35 bits per heavy atom. The highest BCUT2D eigenvalue weighted by molar-refractivity contribution is 7.99. The van der Waals surface area contributed by atoms with Gasteiger partial charge in [0, 0.05) is 23.5 Å². The smallest absolute Gasteiger partial charge is 0.0954 e. The number of hydrogen-bond acceptors (Lipinski definition) is 4. The molecule has 0 bridgehead atoms. The fraction of sp³-hybridized carbons (Fsp3) is 0.562. The molecular weight excluding hydrogens is 284 g/mol. The Morgan fingerprint density at radius 3 is 2.90 bits per heavy atom. The van der Waals surface area contributed by atoms with Crippen molar-refractivity contribution in [2.45, 2.75) is 43.4 Å². The number of benzene rings is 1. The van der Waals surface area contributed by atoms with Crippen molar-refractivity contribution in [3.8, 4) is 0 Å². The lowest BCUT2D eigenvalue weighted by molar-refractivity contribution is 0.614. The number of thiazole rings is 1. The van der Waals surface area contributed by atoms with E-state index in [0.717, 1.165) is 17.2 Å². The third kappa shape index (κ3) is 3.54. The van der Waals surface area contributed by atoms with Gasteiger partial charge in [-0.25, -0.2) is 4.98 Å². The second kappa shape index (κ2) is 6.92. The van der Waals surface area contributed by atoms with Crippen LogP contribution in [0.2, 0.25) is 0 Å². The van der Waals surface area contributed by atoms with E-state index in [2.05, 4.69) is 48.4 Å². The molecule has 1 aromatic heterocycles. The standard InChI is InChI=1S/C16H22N2S2/c1-17-12(11-19-13-6-2-3-7-13)10-16-18-14-8-4-5-9-15(14)20-16/h4-5,8-9,12-13,17H,2-3,6-7,10-11H2,1H3. The zero-order valence-corrected chi connectivity index (χ0v) is 13.6. The van der Waals surface area contributed by atoms with Gasteiger partial charge in [-0.05, 0) is 32.0 Å². The Morgan fingerprint density at radius 2 is 2.15 bits per heavy atom. The molecule has 1 aromatic carbocycles. The average molecular weight is 306 g/mol. The Balaban J connectivity index is 1.58. The number of hydrogen-bond donors (Lipinski definition) is 1. The van der Waals surface area contributed by atoms with Gasteiger partial charge in [0.05, 0.1) is 15.2 Å². The second-order valence-corrected chi connectivity index (χ2v) is 7.95. The first-order valence-corrected chi connectivity index (χ1v) is 9.35. The van der Waals surface area contributed by atoms with Crippen molar-refractivity contribution >= 4 is 33.3 Å². The van der Waals surface area contributed by atoms with Crippen LogP contribution in [0.5, 0.6) is 0 Å². The van der Waals surface area contributed by atoms with Crippen LogP contribution in [0.3, 0.4) is 0 Å². The Bertz CT molecular complexity index is 513. The molecule has 4 heteroatoms. The maximum atomic E-state index is 4.75. The van der Waals surface area contributed by atoms with Crippen LogP contribution < -0.4 is 5.32 Å². The lowest BCUT2D eigenvalue weighted by Crippen LogP contribution is -2.30. The van der Waals surface area contributed by atoms with Crippen LogP contribution >= 0.6 is 23.1 Å². The first-order chi connectivity index (χ1) is 9.85. The van der Waals surface area contributed by atoms with Gasteiger partial charge in [0.15, 0.2) is 0 Å². The fourth-order valence-corrected chi connectivity index (χ4v) is 5.27. The van der Waals surface area contributed by atoms with Gasteiger partial charge in [-0.1, -0.05) is 25.0 Å². The van der Waals surface area contributed by atoms with Crippen molar-refractivity contribution in [2.24, 2.45) is 0 Å². The normalized spacial score (nSPS) is 17.9. The van der Waals surface area contributed by atoms with E-state index in [4.69, 9.17) is 4.98 Å². The largest absolute Gasteiger partial charge is 0.316 e. The number of rotatable bonds is 6. The number of thioether (sulfide) groups is 1. The van der Waals surface area contributed by atoms with E-state index in [1.165, 1.54) is 41.1 Å². The molecule has 1 aliphatic carbocycles. The van der Waals surface area contributed by atoms with Gasteiger partial charge in [0.2, 0.25) is 0 Å². The average Bonchev–Trinajstić information content (AvgIpc) is 3.11. The number of nitrogens with zero attached hydrogens (tertiary/aromatic N) is 1. The highest BCUT2D eigenvalue weighted by Crippen LogP contribution is 2.30. The van der Waals surface area contributed by atoms with Gasteiger partial charge in [-0.3, -0.25) is 0 Å². The summed E-state index contributed by atoms with van der Waals surface area (Å²) >= 11 is 4.00. The van der Waals surface area contributed by atoms with E-state index in [0.29, 0.717) is 6.04 Å². The Labute approximate surface area is 129 Å². The molecule has 1 heterocycles. The minimum absolute atomic E-state index is 0.543. The number of aromatic nitrogens is 1. The predicted molar refractivity (Wildman–Crippen MR) is 90.9 cm³/mol. The summed E-state index contributed by atoms with van der Waals surface area (Å²) in [7, 11) is 2.08. The summed E-state index contributed by atoms with van der Waals surface area (Å²) in [6.45, 7) is 0. The van der Waals surface area contributed by atoms with Crippen LogP contribution in [0, 0.1) is 0 Å². The number of fused-ring (bicyclic) bond motifs is 1. The fourth-order valence-electron chi connectivity index (χ4n) is 2.77.